The number of anilines is 1. The van der Waals surface area contributed by atoms with E-state index in [0.717, 1.165) is 85.5 Å². The first-order chi connectivity index (χ1) is 15.8. The zero-order chi connectivity index (χ0) is 21.5. The lowest BCUT2D eigenvalue weighted by atomic mass is 10.1. The van der Waals surface area contributed by atoms with Gasteiger partial charge in [0, 0.05) is 15.6 Å². The van der Waals surface area contributed by atoms with E-state index in [1.807, 2.05) is 18.2 Å². The molecule has 3 aromatic heterocycles. The van der Waals surface area contributed by atoms with Gasteiger partial charge in [0.15, 0.2) is 11.5 Å². The smallest absolute Gasteiger partial charge is 0.283 e. The summed E-state index contributed by atoms with van der Waals surface area (Å²) in [6.45, 7) is 5.54. The standard InChI is InChI=1S/C24H27N5O2S/c30-24-20-18-8-2-1-3-9-19(18)32-23(20)26-22-17-7-5-4-6-16(17)21(27-29(22)24)25-10-11-28-12-14-31-15-13-28/h4-7H,1-3,8-15H2,(H,25,27)/p+1. The second-order valence-electron chi connectivity index (χ2n) is 8.83. The van der Waals surface area contributed by atoms with Crippen molar-refractivity contribution in [1.82, 2.24) is 14.6 Å². The van der Waals surface area contributed by atoms with Crippen LogP contribution in [-0.4, -0.2) is 54.0 Å². The van der Waals surface area contributed by atoms with Gasteiger partial charge in [0.2, 0.25) is 0 Å². The molecule has 4 heterocycles. The fourth-order valence-corrected chi connectivity index (χ4v) is 6.33. The Morgan fingerprint density at radius 1 is 1.09 bits per heavy atom. The van der Waals surface area contributed by atoms with Gasteiger partial charge in [-0.05, 0) is 31.2 Å². The van der Waals surface area contributed by atoms with Gasteiger partial charge in [-0.2, -0.15) is 4.52 Å². The third kappa shape index (κ3) is 3.46. The first-order valence-corrected chi connectivity index (χ1v) is 12.5. The Morgan fingerprint density at radius 2 is 1.91 bits per heavy atom. The second kappa shape index (κ2) is 8.42. The van der Waals surface area contributed by atoms with Crippen LogP contribution in [0, 0.1) is 0 Å². The Balaban J connectivity index is 1.46. The van der Waals surface area contributed by atoms with Gasteiger partial charge < -0.3 is 15.0 Å². The number of ether oxygens (including phenoxy) is 1. The molecule has 1 aromatic carbocycles. The summed E-state index contributed by atoms with van der Waals surface area (Å²) in [4.78, 5) is 22.4. The van der Waals surface area contributed by atoms with Gasteiger partial charge in [0.05, 0.1) is 31.7 Å². The summed E-state index contributed by atoms with van der Waals surface area (Å²) < 4.78 is 7.00. The van der Waals surface area contributed by atoms with Gasteiger partial charge in [0.25, 0.3) is 5.56 Å². The fraction of sp³-hybridized carbons (Fsp3) is 0.458. The number of thiophene rings is 1. The molecule has 6 rings (SSSR count). The predicted molar refractivity (Wildman–Crippen MR) is 128 cm³/mol. The average Bonchev–Trinajstić information content (AvgIpc) is 3.01. The number of nitrogens with one attached hydrogen (secondary N) is 2. The van der Waals surface area contributed by atoms with Crippen LogP contribution in [0.4, 0.5) is 5.82 Å². The van der Waals surface area contributed by atoms with Crippen molar-refractivity contribution < 1.29 is 9.64 Å². The van der Waals surface area contributed by atoms with Gasteiger partial charge >= 0.3 is 0 Å². The van der Waals surface area contributed by atoms with E-state index in [9.17, 15) is 4.79 Å². The van der Waals surface area contributed by atoms with Crippen molar-refractivity contribution in [3.63, 3.8) is 0 Å². The second-order valence-corrected chi connectivity index (χ2v) is 9.91. The van der Waals surface area contributed by atoms with E-state index in [0.29, 0.717) is 5.65 Å². The molecule has 4 aromatic rings. The van der Waals surface area contributed by atoms with Crippen molar-refractivity contribution in [1.29, 1.82) is 0 Å². The van der Waals surface area contributed by atoms with E-state index in [-0.39, 0.29) is 5.56 Å². The number of morpholine rings is 1. The van der Waals surface area contributed by atoms with Gasteiger partial charge in [-0.1, -0.05) is 30.7 Å². The molecule has 1 fully saturated rings. The molecule has 2 N–H and O–H groups in total. The molecule has 0 bridgehead atoms. The largest absolute Gasteiger partial charge is 0.370 e. The van der Waals surface area contributed by atoms with E-state index in [1.165, 1.54) is 32.7 Å². The molecule has 0 spiro atoms. The third-order valence-corrected chi connectivity index (χ3v) is 8.00. The number of hydrogen-bond acceptors (Lipinski definition) is 6. The van der Waals surface area contributed by atoms with Gasteiger partial charge in [-0.25, -0.2) is 4.98 Å². The molecule has 7 nitrogen and oxygen atoms in total. The Morgan fingerprint density at radius 3 is 2.78 bits per heavy atom. The van der Waals surface area contributed by atoms with Crippen molar-refractivity contribution in [3.05, 3.63) is 45.1 Å². The van der Waals surface area contributed by atoms with Crippen molar-refractivity contribution in [3.8, 4) is 0 Å². The number of aryl methyl sites for hydroxylation is 2. The molecule has 0 amide bonds. The summed E-state index contributed by atoms with van der Waals surface area (Å²) in [7, 11) is 0. The summed E-state index contributed by atoms with van der Waals surface area (Å²) in [5.41, 5.74) is 1.84. The SMILES string of the molecule is O=c1c2c3c(sc2nc2c4ccccc4c(NCC[NH+]4CCOCC4)nn12)CCCCC3. The molecule has 8 heteroatoms. The number of aromatic nitrogens is 3. The van der Waals surface area contributed by atoms with Gasteiger partial charge in [0.1, 0.15) is 17.9 Å². The maximum Gasteiger partial charge on any atom is 0.283 e. The number of fused-ring (bicyclic) bond motifs is 6. The number of rotatable bonds is 4. The third-order valence-electron chi connectivity index (χ3n) is 6.81. The lowest BCUT2D eigenvalue weighted by Gasteiger charge is -2.23. The molecule has 0 radical (unpaired) electrons. The Kier molecular flexibility index (Phi) is 5.29. The predicted octanol–water partition coefficient (Wildman–Crippen LogP) is 2.05. The topological polar surface area (TPSA) is 73.0 Å². The highest BCUT2D eigenvalue weighted by Crippen LogP contribution is 2.34. The maximum atomic E-state index is 13.7. The summed E-state index contributed by atoms with van der Waals surface area (Å²) in [6.07, 6.45) is 5.60. The highest BCUT2D eigenvalue weighted by atomic mass is 32.1. The van der Waals surface area contributed by atoms with Crippen molar-refractivity contribution >= 4 is 43.8 Å². The fourth-order valence-electron chi connectivity index (χ4n) is 5.08. The van der Waals surface area contributed by atoms with Crippen LogP contribution in [0.2, 0.25) is 0 Å². The molecule has 1 aliphatic carbocycles. The molecule has 0 saturated carbocycles. The minimum atomic E-state index is -0.0305. The molecule has 1 saturated heterocycles. The molecular weight excluding hydrogens is 422 g/mol. The van der Waals surface area contributed by atoms with Crippen LogP contribution in [0.15, 0.2) is 29.1 Å². The zero-order valence-corrected chi connectivity index (χ0v) is 19.0. The van der Waals surface area contributed by atoms with E-state index in [2.05, 4.69) is 11.4 Å². The molecule has 0 unspecified atom stereocenters. The molecule has 1 aliphatic heterocycles. The molecule has 166 valence electrons. The lowest BCUT2D eigenvalue weighted by molar-refractivity contribution is -0.906. The van der Waals surface area contributed by atoms with Crippen molar-refractivity contribution in [2.75, 3.05) is 44.7 Å². The summed E-state index contributed by atoms with van der Waals surface area (Å²) in [6, 6.07) is 8.13. The number of quaternary nitrogens is 1. The minimum Gasteiger partial charge on any atom is -0.370 e. The summed E-state index contributed by atoms with van der Waals surface area (Å²) in [5, 5.41) is 11.1. The van der Waals surface area contributed by atoms with Gasteiger partial charge in [-0.3, -0.25) is 4.79 Å². The Labute approximate surface area is 190 Å². The van der Waals surface area contributed by atoms with Crippen LogP contribution >= 0.6 is 11.3 Å². The van der Waals surface area contributed by atoms with Crippen LogP contribution in [0.25, 0.3) is 26.6 Å². The average molecular weight is 451 g/mol. The highest BCUT2D eigenvalue weighted by Gasteiger charge is 2.21. The Bertz CT molecular complexity index is 1360. The van der Waals surface area contributed by atoms with Crippen LogP contribution in [0.5, 0.6) is 0 Å². The normalized spacial score (nSPS) is 17.6. The van der Waals surface area contributed by atoms with Crippen LogP contribution in [0.3, 0.4) is 0 Å². The number of hydrogen-bond donors (Lipinski definition) is 2. The van der Waals surface area contributed by atoms with E-state index in [4.69, 9.17) is 14.8 Å². The number of nitrogens with zero attached hydrogens (tertiary/aromatic N) is 3. The quantitative estimate of drug-likeness (QED) is 0.368. The first kappa shape index (κ1) is 20.1. The summed E-state index contributed by atoms with van der Waals surface area (Å²) >= 11 is 1.70. The van der Waals surface area contributed by atoms with Crippen molar-refractivity contribution in [2.24, 2.45) is 0 Å². The molecular formula is C24H28N5O2S+. The van der Waals surface area contributed by atoms with E-state index < -0.39 is 0 Å². The zero-order valence-electron chi connectivity index (χ0n) is 18.2. The van der Waals surface area contributed by atoms with E-state index >= 15 is 0 Å². The van der Waals surface area contributed by atoms with Crippen LogP contribution < -0.4 is 15.8 Å². The molecule has 0 atom stereocenters. The minimum absolute atomic E-state index is 0.0305. The highest BCUT2D eigenvalue weighted by molar-refractivity contribution is 7.18. The first-order valence-electron chi connectivity index (χ1n) is 11.7. The lowest BCUT2D eigenvalue weighted by Crippen LogP contribution is -3.14. The van der Waals surface area contributed by atoms with Crippen LogP contribution in [-0.2, 0) is 17.6 Å². The van der Waals surface area contributed by atoms with E-state index in [1.54, 1.807) is 11.3 Å². The van der Waals surface area contributed by atoms with Crippen molar-refractivity contribution in [2.45, 2.75) is 32.1 Å². The maximum absolute atomic E-state index is 13.7. The monoisotopic (exact) mass is 450 g/mol. The Hall–Kier alpha value is -2.55. The van der Waals surface area contributed by atoms with Gasteiger partial charge in [-0.15, -0.1) is 16.4 Å². The number of benzene rings is 1. The molecule has 2 aliphatic rings. The summed E-state index contributed by atoms with van der Waals surface area (Å²) in [5.74, 6) is 0.755. The van der Waals surface area contributed by atoms with Crippen LogP contribution in [0.1, 0.15) is 29.7 Å². The molecule has 32 heavy (non-hydrogen) atoms.